The summed E-state index contributed by atoms with van der Waals surface area (Å²) in [5, 5.41) is 9.99. The zero-order valence-corrected chi connectivity index (χ0v) is 11.7. The number of rotatable bonds is 9. The minimum atomic E-state index is -0.915. The lowest BCUT2D eigenvalue weighted by molar-refractivity contribution is -0.141. The maximum absolute atomic E-state index is 11.5. The highest BCUT2D eigenvalue weighted by atomic mass is 16.4. The Morgan fingerprint density at radius 1 is 1.33 bits per heavy atom. The Labute approximate surface area is 109 Å². The van der Waals surface area contributed by atoms with E-state index in [1.807, 2.05) is 0 Å². The summed E-state index contributed by atoms with van der Waals surface area (Å²) in [5.74, 6) is 4.98. The summed E-state index contributed by atoms with van der Waals surface area (Å²) in [7, 11) is 0. The van der Waals surface area contributed by atoms with E-state index in [1.54, 1.807) is 6.92 Å². The third kappa shape index (κ3) is 6.59. The second-order valence-corrected chi connectivity index (χ2v) is 4.89. The molecule has 106 valence electrons. The second kappa shape index (κ2) is 8.91. The standard InChI is InChI=1S/C13H26N2O3/c1-4-6-7-10(3)8-11(9-13(17)18)15(14)12(16)5-2/h10-11H,4-9,14H2,1-3H3,(H,17,18). The molecule has 5 nitrogen and oxygen atoms in total. The number of hydrazine groups is 1. The zero-order valence-electron chi connectivity index (χ0n) is 11.7. The first kappa shape index (κ1) is 16.9. The van der Waals surface area contributed by atoms with Crippen molar-refractivity contribution < 1.29 is 14.7 Å². The molecular weight excluding hydrogens is 232 g/mol. The Bertz CT molecular complexity index is 269. The number of nitrogens with two attached hydrogens (primary N) is 1. The van der Waals surface area contributed by atoms with Crippen molar-refractivity contribution in [2.24, 2.45) is 11.8 Å². The van der Waals surface area contributed by atoms with Crippen molar-refractivity contribution in [2.45, 2.75) is 65.3 Å². The van der Waals surface area contributed by atoms with E-state index in [4.69, 9.17) is 10.9 Å². The van der Waals surface area contributed by atoms with Gasteiger partial charge in [0.05, 0.1) is 12.5 Å². The van der Waals surface area contributed by atoms with Crippen molar-refractivity contribution in [1.29, 1.82) is 0 Å². The van der Waals surface area contributed by atoms with Crippen molar-refractivity contribution in [2.75, 3.05) is 0 Å². The average Bonchev–Trinajstić information content (AvgIpc) is 2.33. The lowest BCUT2D eigenvalue weighted by Crippen LogP contribution is -2.47. The molecule has 0 heterocycles. The molecule has 2 unspecified atom stereocenters. The van der Waals surface area contributed by atoms with Crippen LogP contribution in [0.2, 0.25) is 0 Å². The Morgan fingerprint density at radius 3 is 2.39 bits per heavy atom. The van der Waals surface area contributed by atoms with Gasteiger partial charge in [-0.2, -0.15) is 0 Å². The number of hydrogen-bond donors (Lipinski definition) is 2. The fourth-order valence-corrected chi connectivity index (χ4v) is 2.02. The maximum Gasteiger partial charge on any atom is 0.305 e. The van der Waals surface area contributed by atoms with Gasteiger partial charge < -0.3 is 5.11 Å². The molecule has 1 amide bonds. The van der Waals surface area contributed by atoms with Gasteiger partial charge in [-0.1, -0.05) is 40.0 Å². The van der Waals surface area contributed by atoms with Crippen LogP contribution in [-0.4, -0.2) is 28.0 Å². The summed E-state index contributed by atoms with van der Waals surface area (Å²) in [6.45, 7) is 5.92. The summed E-state index contributed by atoms with van der Waals surface area (Å²) < 4.78 is 0. The summed E-state index contributed by atoms with van der Waals surface area (Å²) in [6.07, 6.45) is 4.14. The van der Waals surface area contributed by atoms with Gasteiger partial charge in [-0.3, -0.25) is 14.6 Å². The van der Waals surface area contributed by atoms with Gasteiger partial charge >= 0.3 is 5.97 Å². The topological polar surface area (TPSA) is 83.6 Å². The molecule has 0 spiro atoms. The molecule has 18 heavy (non-hydrogen) atoms. The summed E-state index contributed by atoms with van der Waals surface area (Å²) in [5.41, 5.74) is 0. The molecule has 0 saturated carbocycles. The smallest absolute Gasteiger partial charge is 0.305 e. The molecule has 0 bridgehead atoms. The fourth-order valence-electron chi connectivity index (χ4n) is 2.02. The molecule has 0 rings (SSSR count). The largest absolute Gasteiger partial charge is 0.481 e. The molecule has 0 fully saturated rings. The Balaban J connectivity index is 4.47. The maximum atomic E-state index is 11.5. The lowest BCUT2D eigenvalue weighted by atomic mass is 9.94. The van der Waals surface area contributed by atoms with Gasteiger partial charge in [-0.05, 0) is 12.3 Å². The van der Waals surface area contributed by atoms with Crippen LogP contribution in [0.3, 0.4) is 0 Å². The highest BCUT2D eigenvalue weighted by molar-refractivity contribution is 5.76. The quantitative estimate of drug-likeness (QED) is 0.377. The molecular formula is C13H26N2O3. The average molecular weight is 258 g/mol. The van der Waals surface area contributed by atoms with Gasteiger partial charge in [0.1, 0.15) is 0 Å². The van der Waals surface area contributed by atoms with E-state index in [-0.39, 0.29) is 12.3 Å². The van der Waals surface area contributed by atoms with Crippen LogP contribution >= 0.6 is 0 Å². The molecule has 0 aromatic heterocycles. The lowest BCUT2D eigenvalue weighted by Gasteiger charge is -2.28. The monoisotopic (exact) mass is 258 g/mol. The highest BCUT2D eigenvalue weighted by Gasteiger charge is 2.24. The molecule has 5 heteroatoms. The van der Waals surface area contributed by atoms with Crippen LogP contribution in [0, 0.1) is 5.92 Å². The SMILES string of the molecule is CCCCC(C)CC(CC(=O)O)N(N)C(=O)CC. The predicted molar refractivity (Wildman–Crippen MR) is 70.7 cm³/mol. The number of aliphatic carboxylic acids is 1. The third-order valence-electron chi connectivity index (χ3n) is 3.12. The summed E-state index contributed by atoms with van der Waals surface area (Å²) in [6, 6.07) is -0.401. The number of carboxylic acid groups (broad SMARTS) is 1. The molecule has 0 aliphatic carbocycles. The van der Waals surface area contributed by atoms with Crippen molar-refractivity contribution in [3.8, 4) is 0 Å². The molecule has 0 aromatic carbocycles. The minimum absolute atomic E-state index is 0.0846. The van der Waals surface area contributed by atoms with Gasteiger partial charge in [-0.15, -0.1) is 0 Å². The van der Waals surface area contributed by atoms with E-state index in [0.717, 1.165) is 24.3 Å². The first-order valence-corrected chi connectivity index (χ1v) is 6.70. The van der Waals surface area contributed by atoms with Crippen LogP contribution < -0.4 is 5.84 Å². The molecule has 0 radical (unpaired) electrons. The molecule has 2 atom stereocenters. The number of amides is 1. The van der Waals surface area contributed by atoms with Crippen molar-refractivity contribution in [3.63, 3.8) is 0 Å². The van der Waals surface area contributed by atoms with Gasteiger partial charge in [0, 0.05) is 6.42 Å². The number of carboxylic acids is 1. The van der Waals surface area contributed by atoms with Crippen LogP contribution in [0.25, 0.3) is 0 Å². The third-order valence-corrected chi connectivity index (χ3v) is 3.12. The van der Waals surface area contributed by atoms with Crippen molar-refractivity contribution in [3.05, 3.63) is 0 Å². The van der Waals surface area contributed by atoms with E-state index in [0.29, 0.717) is 18.8 Å². The number of nitrogens with zero attached hydrogens (tertiary/aromatic N) is 1. The van der Waals surface area contributed by atoms with Crippen LogP contribution in [0.15, 0.2) is 0 Å². The predicted octanol–water partition coefficient (Wildman–Crippen LogP) is 2.16. The molecule has 0 saturated heterocycles. The van der Waals surface area contributed by atoms with E-state index in [2.05, 4.69) is 13.8 Å². The van der Waals surface area contributed by atoms with Gasteiger partial charge in [-0.25, -0.2) is 5.84 Å². The molecule has 0 aliphatic rings. The second-order valence-electron chi connectivity index (χ2n) is 4.89. The Kier molecular flexibility index (Phi) is 8.37. The summed E-state index contributed by atoms with van der Waals surface area (Å²) >= 11 is 0. The van der Waals surface area contributed by atoms with Crippen LogP contribution in [0.1, 0.15) is 59.3 Å². The number of hydrogen-bond acceptors (Lipinski definition) is 3. The Morgan fingerprint density at radius 2 is 1.94 bits per heavy atom. The first-order chi connectivity index (χ1) is 8.42. The van der Waals surface area contributed by atoms with Gasteiger partial charge in [0.15, 0.2) is 0 Å². The first-order valence-electron chi connectivity index (χ1n) is 6.70. The van der Waals surface area contributed by atoms with E-state index < -0.39 is 12.0 Å². The van der Waals surface area contributed by atoms with Crippen LogP contribution in [0.4, 0.5) is 0 Å². The van der Waals surface area contributed by atoms with E-state index >= 15 is 0 Å². The van der Waals surface area contributed by atoms with Crippen LogP contribution in [-0.2, 0) is 9.59 Å². The zero-order chi connectivity index (χ0) is 14.1. The Hall–Kier alpha value is -1.10. The number of unbranched alkanes of at least 4 members (excludes halogenated alkanes) is 1. The van der Waals surface area contributed by atoms with Gasteiger partial charge in [0.25, 0.3) is 0 Å². The van der Waals surface area contributed by atoms with Crippen molar-refractivity contribution in [1.82, 2.24) is 5.01 Å². The van der Waals surface area contributed by atoms with E-state index in [1.165, 1.54) is 0 Å². The molecule has 0 aromatic rings. The highest BCUT2D eigenvalue weighted by Crippen LogP contribution is 2.18. The summed E-state index contributed by atoms with van der Waals surface area (Å²) in [4.78, 5) is 22.4. The normalized spacial score (nSPS) is 14.0. The van der Waals surface area contributed by atoms with Gasteiger partial charge in [0.2, 0.25) is 5.91 Å². The minimum Gasteiger partial charge on any atom is -0.481 e. The number of carbonyl (C=O) groups excluding carboxylic acids is 1. The fraction of sp³-hybridized carbons (Fsp3) is 0.846. The molecule has 3 N–H and O–H groups in total. The van der Waals surface area contributed by atoms with Crippen molar-refractivity contribution >= 4 is 11.9 Å². The van der Waals surface area contributed by atoms with Crippen LogP contribution in [0.5, 0.6) is 0 Å². The number of carbonyl (C=O) groups is 2. The molecule has 0 aliphatic heterocycles. The van der Waals surface area contributed by atoms with E-state index in [9.17, 15) is 9.59 Å².